The fourth-order valence-corrected chi connectivity index (χ4v) is 3.90. The highest BCUT2D eigenvalue weighted by Gasteiger charge is 2.20. The molecule has 0 aliphatic rings. The first-order chi connectivity index (χ1) is 15.3. The fraction of sp³-hybridized carbons (Fsp3) is 0.318. The number of carbonyl (C=O) groups is 2. The number of pyridine rings is 1. The number of nitrogens with zero attached hydrogens (tertiary/aromatic N) is 4. The van der Waals surface area contributed by atoms with Crippen molar-refractivity contribution in [3.8, 4) is 12.1 Å². The Balaban J connectivity index is 2.10. The van der Waals surface area contributed by atoms with Crippen molar-refractivity contribution in [2.75, 3.05) is 25.5 Å². The van der Waals surface area contributed by atoms with Crippen LogP contribution in [0.3, 0.4) is 0 Å². The van der Waals surface area contributed by atoms with Gasteiger partial charge in [-0.25, -0.2) is 9.78 Å². The third kappa shape index (κ3) is 6.37. The lowest BCUT2D eigenvalue weighted by molar-refractivity contribution is -0.120. The molecule has 10 heteroatoms. The van der Waals surface area contributed by atoms with Crippen molar-refractivity contribution in [2.45, 2.75) is 30.7 Å². The van der Waals surface area contributed by atoms with Gasteiger partial charge in [-0.3, -0.25) is 4.79 Å². The quantitative estimate of drug-likeness (QED) is 0.493. The molecule has 3 N–H and O–H groups in total. The topological polar surface area (TPSA) is 142 Å². The maximum absolute atomic E-state index is 11.6. The van der Waals surface area contributed by atoms with Crippen molar-refractivity contribution in [3.05, 3.63) is 52.1 Å². The summed E-state index contributed by atoms with van der Waals surface area (Å²) in [6, 6.07) is 12.0. The first kappa shape index (κ1) is 24.5. The van der Waals surface area contributed by atoms with E-state index in [2.05, 4.69) is 22.4 Å². The Hall–Kier alpha value is -3.76. The molecule has 166 valence electrons. The molecule has 0 fully saturated rings. The lowest BCUT2D eigenvalue weighted by Gasteiger charge is -2.18. The Labute approximate surface area is 191 Å². The molecule has 9 nitrogen and oxygen atoms in total. The second-order valence-electron chi connectivity index (χ2n) is 6.98. The van der Waals surface area contributed by atoms with Crippen LogP contribution in [0, 0.1) is 22.7 Å². The molecule has 0 aliphatic carbocycles. The van der Waals surface area contributed by atoms with Gasteiger partial charge in [0, 0.05) is 26.4 Å². The molecule has 0 saturated carbocycles. The number of carboxylic acid groups (broad SMARTS) is 1. The number of amides is 2. The molecule has 2 rings (SSSR count). The summed E-state index contributed by atoms with van der Waals surface area (Å²) in [4.78, 5) is 28.3. The monoisotopic (exact) mass is 452 g/mol. The number of hydrogen-bond donors (Lipinski definition) is 3. The smallest absolute Gasteiger partial charge is 0.405 e. The number of nitrogens with one attached hydrogen (secondary N) is 2. The van der Waals surface area contributed by atoms with Gasteiger partial charge >= 0.3 is 6.09 Å². The Bertz CT molecular complexity index is 1070. The SMILES string of the molecule is CCc1c(C#N)c(SCc2ccc(CNC(=O)CNC(=O)O)cc2)nc(N(C)C)c1C#N. The second-order valence-corrected chi connectivity index (χ2v) is 7.95. The zero-order valence-electron chi connectivity index (χ0n) is 18.1. The predicted octanol–water partition coefficient (Wildman–Crippen LogP) is 2.63. The first-order valence-corrected chi connectivity index (χ1v) is 10.8. The van der Waals surface area contributed by atoms with Crippen LogP contribution in [0.25, 0.3) is 0 Å². The highest BCUT2D eigenvalue weighted by molar-refractivity contribution is 7.98. The number of carbonyl (C=O) groups excluding carboxylic acids is 1. The summed E-state index contributed by atoms with van der Waals surface area (Å²) in [5.41, 5.74) is 3.47. The van der Waals surface area contributed by atoms with Crippen molar-refractivity contribution in [1.29, 1.82) is 10.5 Å². The van der Waals surface area contributed by atoms with E-state index >= 15 is 0 Å². The maximum atomic E-state index is 11.6. The van der Waals surface area contributed by atoms with Crippen LogP contribution < -0.4 is 15.5 Å². The Morgan fingerprint density at radius 1 is 1.09 bits per heavy atom. The number of thioether (sulfide) groups is 1. The van der Waals surface area contributed by atoms with E-state index in [-0.39, 0.29) is 13.1 Å². The van der Waals surface area contributed by atoms with E-state index in [0.717, 1.165) is 11.1 Å². The molecule has 1 aromatic carbocycles. The van der Waals surface area contributed by atoms with Crippen LogP contribution in [0.1, 0.15) is 34.7 Å². The largest absolute Gasteiger partial charge is 0.465 e. The van der Waals surface area contributed by atoms with E-state index in [9.17, 15) is 20.1 Å². The number of nitriles is 2. The molecule has 0 spiro atoms. The fourth-order valence-electron chi connectivity index (χ4n) is 2.94. The van der Waals surface area contributed by atoms with Crippen LogP contribution in [0.2, 0.25) is 0 Å². The molecule has 0 radical (unpaired) electrons. The van der Waals surface area contributed by atoms with E-state index in [4.69, 9.17) is 5.11 Å². The third-order valence-corrected chi connectivity index (χ3v) is 5.58. The standard InChI is InChI=1S/C22H24N6O3S/c1-4-16-17(9-23)20(28(2)3)27-21(18(16)10-24)32-13-15-7-5-14(6-8-15)11-25-19(29)12-26-22(30)31/h5-8,26H,4,11-13H2,1-3H3,(H,25,29)(H,30,31). The highest BCUT2D eigenvalue weighted by Crippen LogP contribution is 2.32. The molecule has 0 atom stereocenters. The van der Waals surface area contributed by atoms with Crippen molar-refractivity contribution in [2.24, 2.45) is 0 Å². The molecule has 0 unspecified atom stereocenters. The van der Waals surface area contributed by atoms with Gasteiger partial charge in [0.1, 0.15) is 23.0 Å². The van der Waals surface area contributed by atoms with E-state index in [1.165, 1.54) is 11.8 Å². The van der Waals surface area contributed by atoms with Crippen LogP contribution >= 0.6 is 11.8 Å². The van der Waals surface area contributed by atoms with Gasteiger partial charge < -0.3 is 20.6 Å². The van der Waals surface area contributed by atoms with Gasteiger partial charge in [-0.05, 0) is 23.1 Å². The van der Waals surface area contributed by atoms with Crippen molar-refractivity contribution >= 4 is 29.6 Å². The summed E-state index contributed by atoms with van der Waals surface area (Å²) >= 11 is 1.44. The number of rotatable bonds is 9. The summed E-state index contributed by atoms with van der Waals surface area (Å²) in [5.74, 6) is 0.722. The zero-order chi connectivity index (χ0) is 23.7. The van der Waals surface area contributed by atoms with E-state index in [1.807, 2.05) is 50.6 Å². The average molecular weight is 453 g/mol. The molecule has 0 aliphatic heterocycles. The Kier molecular flexibility index (Phi) is 8.87. The molecular formula is C22H24N6O3S. The molecule has 0 bridgehead atoms. The van der Waals surface area contributed by atoms with Crippen molar-refractivity contribution in [1.82, 2.24) is 15.6 Å². The number of aromatic nitrogens is 1. The summed E-state index contributed by atoms with van der Waals surface area (Å²) in [7, 11) is 3.64. The zero-order valence-corrected chi connectivity index (χ0v) is 18.9. The normalized spacial score (nSPS) is 10.0. The minimum Gasteiger partial charge on any atom is -0.465 e. The van der Waals surface area contributed by atoms with Gasteiger partial charge in [-0.15, -0.1) is 11.8 Å². The number of anilines is 1. The summed E-state index contributed by atoms with van der Waals surface area (Å²) < 4.78 is 0. The predicted molar refractivity (Wildman–Crippen MR) is 121 cm³/mol. The van der Waals surface area contributed by atoms with Gasteiger partial charge in [0.05, 0.1) is 17.7 Å². The molecule has 1 heterocycles. The van der Waals surface area contributed by atoms with Crippen LogP contribution in [0.5, 0.6) is 0 Å². The van der Waals surface area contributed by atoms with E-state index in [0.29, 0.717) is 39.7 Å². The van der Waals surface area contributed by atoms with E-state index in [1.54, 1.807) is 4.90 Å². The molecule has 1 aromatic heterocycles. The number of benzene rings is 1. The maximum Gasteiger partial charge on any atom is 0.405 e. The van der Waals surface area contributed by atoms with E-state index < -0.39 is 12.0 Å². The third-order valence-electron chi connectivity index (χ3n) is 4.54. The first-order valence-electron chi connectivity index (χ1n) is 9.79. The van der Waals surface area contributed by atoms with Gasteiger partial charge in [0.25, 0.3) is 0 Å². The summed E-state index contributed by atoms with van der Waals surface area (Å²) in [6.45, 7) is 1.91. The molecule has 2 amide bonds. The number of hydrogen-bond acceptors (Lipinski definition) is 7. The molecule has 2 aromatic rings. The molecular weight excluding hydrogens is 428 g/mol. The summed E-state index contributed by atoms with van der Waals surface area (Å²) in [5, 5.41) is 33.0. The highest BCUT2D eigenvalue weighted by atomic mass is 32.2. The minimum absolute atomic E-state index is 0.287. The average Bonchev–Trinajstić information content (AvgIpc) is 2.79. The van der Waals surface area contributed by atoms with Gasteiger partial charge in [0.2, 0.25) is 5.91 Å². The Morgan fingerprint density at radius 3 is 2.25 bits per heavy atom. The second kappa shape index (κ2) is 11.6. The van der Waals surface area contributed by atoms with Gasteiger partial charge in [-0.1, -0.05) is 31.2 Å². The lowest BCUT2D eigenvalue weighted by atomic mass is 10.0. The van der Waals surface area contributed by atoms with Crippen LogP contribution in [0.15, 0.2) is 29.3 Å². The van der Waals surface area contributed by atoms with Crippen LogP contribution in [0.4, 0.5) is 10.6 Å². The van der Waals surface area contributed by atoms with Crippen molar-refractivity contribution < 1.29 is 14.7 Å². The lowest BCUT2D eigenvalue weighted by Crippen LogP contribution is -2.35. The minimum atomic E-state index is -1.25. The van der Waals surface area contributed by atoms with Gasteiger partial charge in [-0.2, -0.15) is 10.5 Å². The van der Waals surface area contributed by atoms with Crippen LogP contribution in [-0.4, -0.2) is 42.7 Å². The van der Waals surface area contributed by atoms with Crippen LogP contribution in [-0.2, 0) is 23.5 Å². The molecule has 32 heavy (non-hydrogen) atoms. The molecule has 0 saturated heterocycles. The van der Waals surface area contributed by atoms with Gasteiger partial charge in [0.15, 0.2) is 0 Å². The summed E-state index contributed by atoms with van der Waals surface area (Å²) in [6.07, 6.45) is -0.687. The Morgan fingerprint density at radius 2 is 1.72 bits per heavy atom. The van der Waals surface area contributed by atoms with Crippen molar-refractivity contribution in [3.63, 3.8) is 0 Å².